The number of carbonyl (C=O) groups is 1. The molecule has 4 aliphatic rings. The molecule has 0 spiro atoms. The molecule has 3 unspecified atom stereocenters. The number of fused-ring (bicyclic) bond motifs is 1. The van der Waals surface area contributed by atoms with Crippen LogP contribution in [-0.2, 0) is 10.0 Å². The second-order valence-electron chi connectivity index (χ2n) is 9.44. The van der Waals surface area contributed by atoms with E-state index in [1.165, 1.54) is 0 Å². The second kappa shape index (κ2) is 7.06. The Balaban J connectivity index is 1.41. The van der Waals surface area contributed by atoms with Gasteiger partial charge in [-0.1, -0.05) is 0 Å². The summed E-state index contributed by atoms with van der Waals surface area (Å²) in [6.07, 6.45) is 8.02. The Labute approximate surface area is 168 Å². The van der Waals surface area contributed by atoms with Gasteiger partial charge in [0.15, 0.2) is 0 Å². The van der Waals surface area contributed by atoms with Gasteiger partial charge in [-0.2, -0.15) is 0 Å². The van der Waals surface area contributed by atoms with Gasteiger partial charge in [0.25, 0.3) is 0 Å². The SMILES string of the molecule is CN1C(=O)N(CC2CCC(Cl)CC2)C2CCC(S(=O)(=O)NC3(C)CC3)CC21. The van der Waals surface area contributed by atoms with Crippen LogP contribution >= 0.6 is 11.6 Å². The van der Waals surface area contributed by atoms with Crippen LogP contribution in [0.1, 0.15) is 64.7 Å². The molecule has 1 saturated heterocycles. The molecule has 4 rings (SSSR count). The third-order valence-corrected chi connectivity index (χ3v) is 9.76. The molecule has 1 aliphatic heterocycles. The molecule has 0 bridgehead atoms. The van der Waals surface area contributed by atoms with E-state index in [-0.39, 0.29) is 29.0 Å². The highest BCUT2D eigenvalue weighted by Gasteiger charge is 2.51. The molecule has 154 valence electrons. The zero-order chi connectivity index (χ0) is 19.4. The van der Waals surface area contributed by atoms with Crippen LogP contribution < -0.4 is 4.72 Å². The second-order valence-corrected chi connectivity index (χ2v) is 12.0. The summed E-state index contributed by atoms with van der Waals surface area (Å²) in [4.78, 5) is 16.7. The minimum atomic E-state index is -3.33. The molecule has 1 N–H and O–H groups in total. The predicted octanol–water partition coefficient (Wildman–Crippen LogP) is 2.91. The minimum Gasteiger partial charge on any atom is -0.323 e. The molecule has 27 heavy (non-hydrogen) atoms. The number of amides is 2. The van der Waals surface area contributed by atoms with E-state index in [2.05, 4.69) is 4.72 Å². The van der Waals surface area contributed by atoms with Gasteiger partial charge in [0.05, 0.1) is 17.3 Å². The number of hydrogen-bond acceptors (Lipinski definition) is 3. The molecule has 0 aromatic heterocycles. The van der Waals surface area contributed by atoms with Gasteiger partial charge in [-0.25, -0.2) is 17.9 Å². The van der Waals surface area contributed by atoms with Crippen LogP contribution in [0.2, 0.25) is 0 Å². The highest BCUT2D eigenvalue weighted by molar-refractivity contribution is 7.90. The van der Waals surface area contributed by atoms with Gasteiger partial charge in [0.2, 0.25) is 10.0 Å². The van der Waals surface area contributed by atoms with E-state index >= 15 is 0 Å². The van der Waals surface area contributed by atoms with Crippen molar-refractivity contribution in [2.45, 2.75) is 93.0 Å². The van der Waals surface area contributed by atoms with Crippen molar-refractivity contribution >= 4 is 27.7 Å². The Bertz CT molecular complexity index is 688. The number of rotatable bonds is 5. The first-order valence-corrected chi connectivity index (χ1v) is 12.4. The van der Waals surface area contributed by atoms with Crippen LogP contribution in [-0.4, -0.2) is 66.1 Å². The van der Waals surface area contributed by atoms with Crippen LogP contribution in [0.5, 0.6) is 0 Å². The first-order chi connectivity index (χ1) is 12.7. The van der Waals surface area contributed by atoms with Gasteiger partial charge in [-0.15, -0.1) is 11.6 Å². The zero-order valence-corrected chi connectivity index (χ0v) is 17.9. The summed E-state index contributed by atoms with van der Waals surface area (Å²) >= 11 is 6.22. The molecule has 4 fully saturated rings. The molecule has 3 atom stereocenters. The average molecular weight is 418 g/mol. The third kappa shape index (κ3) is 3.97. The lowest BCUT2D eigenvalue weighted by atomic mass is 9.86. The van der Waals surface area contributed by atoms with Gasteiger partial charge in [0.1, 0.15) is 0 Å². The number of nitrogens with zero attached hydrogens (tertiary/aromatic N) is 2. The van der Waals surface area contributed by atoms with Crippen molar-refractivity contribution in [1.29, 1.82) is 0 Å². The van der Waals surface area contributed by atoms with Gasteiger partial charge in [0, 0.05) is 24.5 Å². The predicted molar refractivity (Wildman–Crippen MR) is 106 cm³/mol. The number of nitrogens with one attached hydrogen (secondary N) is 1. The lowest BCUT2D eigenvalue weighted by Crippen LogP contribution is -2.50. The van der Waals surface area contributed by atoms with Gasteiger partial charge in [-0.3, -0.25) is 0 Å². The zero-order valence-electron chi connectivity index (χ0n) is 16.4. The van der Waals surface area contributed by atoms with E-state index in [9.17, 15) is 13.2 Å². The number of hydrogen-bond donors (Lipinski definition) is 1. The summed E-state index contributed by atoms with van der Waals surface area (Å²) < 4.78 is 28.5. The van der Waals surface area contributed by atoms with E-state index in [4.69, 9.17) is 11.6 Å². The summed E-state index contributed by atoms with van der Waals surface area (Å²) in [5, 5.41) is -0.106. The first-order valence-electron chi connectivity index (χ1n) is 10.4. The Kier molecular flexibility index (Phi) is 5.17. The van der Waals surface area contributed by atoms with E-state index in [1.54, 1.807) is 4.90 Å². The quantitative estimate of drug-likeness (QED) is 0.699. The fourth-order valence-corrected chi connectivity index (χ4v) is 7.36. The molecular formula is C19H32ClN3O3S. The Hall–Kier alpha value is -0.530. The molecule has 0 aromatic rings. The van der Waals surface area contributed by atoms with Gasteiger partial charge < -0.3 is 9.80 Å². The molecule has 8 heteroatoms. The molecule has 1 heterocycles. The fraction of sp³-hybridized carbons (Fsp3) is 0.947. The summed E-state index contributed by atoms with van der Waals surface area (Å²) in [6.45, 7) is 2.76. The molecule has 3 aliphatic carbocycles. The van der Waals surface area contributed by atoms with Crippen molar-refractivity contribution in [3.8, 4) is 0 Å². The minimum absolute atomic E-state index is 0.00389. The van der Waals surface area contributed by atoms with E-state index < -0.39 is 15.3 Å². The summed E-state index contributed by atoms with van der Waals surface area (Å²) in [5.41, 5.74) is -0.236. The highest BCUT2D eigenvalue weighted by atomic mass is 35.5. The summed E-state index contributed by atoms with van der Waals surface area (Å²) in [6, 6.07) is 0.224. The summed E-state index contributed by atoms with van der Waals surface area (Å²) in [7, 11) is -1.50. The standard InChI is InChI=1S/C19H32ClN3O3S/c1-19(9-10-19)21-27(25,26)15-7-8-16-17(11-15)22(2)18(24)23(16)12-13-3-5-14(20)6-4-13/h13-17,21H,3-12H2,1-2H3. The topological polar surface area (TPSA) is 69.7 Å². The van der Waals surface area contributed by atoms with Crippen LogP contribution in [0.15, 0.2) is 0 Å². The maximum absolute atomic E-state index is 12.9. The van der Waals surface area contributed by atoms with E-state index in [1.807, 2.05) is 18.9 Å². The number of carbonyl (C=O) groups excluding carboxylic acids is 1. The van der Waals surface area contributed by atoms with Crippen LogP contribution in [0.3, 0.4) is 0 Å². The average Bonchev–Trinajstić information content (AvgIpc) is 3.29. The van der Waals surface area contributed by atoms with Crippen molar-refractivity contribution in [2.75, 3.05) is 13.6 Å². The lowest BCUT2D eigenvalue weighted by molar-refractivity contribution is 0.164. The van der Waals surface area contributed by atoms with Crippen molar-refractivity contribution in [1.82, 2.24) is 14.5 Å². The molecule has 6 nitrogen and oxygen atoms in total. The van der Waals surface area contributed by atoms with E-state index in [0.29, 0.717) is 18.8 Å². The Morgan fingerprint density at radius 1 is 1.11 bits per heavy atom. The molecular weight excluding hydrogens is 386 g/mol. The third-order valence-electron chi connectivity index (χ3n) is 7.24. The van der Waals surface area contributed by atoms with Crippen LogP contribution in [0, 0.1) is 5.92 Å². The van der Waals surface area contributed by atoms with Crippen molar-refractivity contribution < 1.29 is 13.2 Å². The smallest absolute Gasteiger partial charge is 0.320 e. The summed E-state index contributed by atoms with van der Waals surface area (Å²) in [5.74, 6) is 0.522. The molecule has 0 radical (unpaired) electrons. The van der Waals surface area contributed by atoms with Crippen molar-refractivity contribution in [3.05, 3.63) is 0 Å². The molecule has 2 amide bonds. The maximum atomic E-state index is 12.9. The van der Waals surface area contributed by atoms with E-state index in [0.717, 1.165) is 51.5 Å². The Morgan fingerprint density at radius 2 is 1.78 bits per heavy atom. The maximum Gasteiger partial charge on any atom is 0.320 e. The highest BCUT2D eigenvalue weighted by Crippen LogP contribution is 2.40. The van der Waals surface area contributed by atoms with Crippen molar-refractivity contribution in [2.24, 2.45) is 5.92 Å². The van der Waals surface area contributed by atoms with Crippen LogP contribution in [0.25, 0.3) is 0 Å². The van der Waals surface area contributed by atoms with Gasteiger partial charge >= 0.3 is 6.03 Å². The fourth-order valence-electron chi connectivity index (χ4n) is 5.15. The number of urea groups is 1. The normalized spacial score (nSPS) is 38.8. The number of likely N-dealkylation sites (N-methyl/N-ethyl adjacent to an activating group) is 1. The van der Waals surface area contributed by atoms with Crippen LogP contribution in [0.4, 0.5) is 4.79 Å². The number of alkyl halides is 1. The Morgan fingerprint density at radius 3 is 2.41 bits per heavy atom. The first kappa shape index (κ1) is 19.8. The number of sulfonamides is 1. The lowest BCUT2D eigenvalue weighted by Gasteiger charge is -2.37. The van der Waals surface area contributed by atoms with Crippen molar-refractivity contribution in [3.63, 3.8) is 0 Å². The largest absolute Gasteiger partial charge is 0.323 e. The monoisotopic (exact) mass is 417 g/mol. The molecule has 3 saturated carbocycles. The number of halogens is 1. The van der Waals surface area contributed by atoms with Gasteiger partial charge in [-0.05, 0) is 70.6 Å². The molecule has 0 aromatic carbocycles.